The first-order valence-corrected chi connectivity index (χ1v) is 6.77. The van der Waals surface area contributed by atoms with Gasteiger partial charge < -0.3 is 15.8 Å². The zero-order valence-corrected chi connectivity index (χ0v) is 12.4. The zero-order valence-electron chi connectivity index (χ0n) is 12.4. The minimum atomic E-state index is -0.235. The number of anilines is 2. The van der Waals surface area contributed by atoms with Gasteiger partial charge in [0.15, 0.2) is 0 Å². The van der Waals surface area contributed by atoms with Crippen molar-refractivity contribution in [2.75, 3.05) is 11.1 Å². The highest BCUT2D eigenvalue weighted by Crippen LogP contribution is 2.23. The molecule has 0 aliphatic heterocycles. The van der Waals surface area contributed by atoms with Crippen molar-refractivity contribution in [1.82, 2.24) is 4.98 Å². The van der Waals surface area contributed by atoms with Crippen molar-refractivity contribution in [3.05, 3.63) is 47.7 Å². The molecule has 21 heavy (non-hydrogen) atoms. The summed E-state index contributed by atoms with van der Waals surface area (Å²) in [6.07, 6.45) is 1.60. The summed E-state index contributed by atoms with van der Waals surface area (Å²) in [5.41, 5.74) is 8.25. The van der Waals surface area contributed by atoms with Gasteiger partial charge in [-0.05, 0) is 50.6 Å². The molecule has 110 valence electrons. The van der Waals surface area contributed by atoms with Gasteiger partial charge in [-0.25, -0.2) is 4.98 Å². The number of nitrogen functional groups attached to an aromatic ring is 1. The van der Waals surface area contributed by atoms with E-state index in [2.05, 4.69) is 10.3 Å². The van der Waals surface area contributed by atoms with E-state index in [9.17, 15) is 4.79 Å². The van der Waals surface area contributed by atoms with Gasteiger partial charge in [-0.2, -0.15) is 0 Å². The van der Waals surface area contributed by atoms with Gasteiger partial charge in [0.05, 0.1) is 6.10 Å². The highest BCUT2D eigenvalue weighted by atomic mass is 16.5. The van der Waals surface area contributed by atoms with Crippen molar-refractivity contribution < 1.29 is 9.53 Å². The summed E-state index contributed by atoms with van der Waals surface area (Å²) in [6.45, 7) is 5.63. The minimum absolute atomic E-state index is 0.0235. The van der Waals surface area contributed by atoms with E-state index in [1.807, 2.05) is 20.8 Å². The molecule has 5 heteroatoms. The Hall–Kier alpha value is -2.56. The van der Waals surface area contributed by atoms with Crippen LogP contribution in [-0.2, 0) is 0 Å². The van der Waals surface area contributed by atoms with Crippen LogP contribution in [0.1, 0.15) is 29.8 Å². The van der Waals surface area contributed by atoms with Crippen molar-refractivity contribution >= 4 is 17.3 Å². The molecule has 0 fully saturated rings. The molecule has 0 atom stereocenters. The van der Waals surface area contributed by atoms with Gasteiger partial charge in [0.25, 0.3) is 5.91 Å². The van der Waals surface area contributed by atoms with Crippen LogP contribution in [0.5, 0.6) is 5.88 Å². The Morgan fingerprint density at radius 1 is 1.29 bits per heavy atom. The number of hydrogen-bond donors (Lipinski definition) is 2. The number of aromatic nitrogens is 1. The maximum absolute atomic E-state index is 12.4. The van der Waals surface area contributed by atoms with Crippen LogP contribution in [0.25, 0.3) is 0 Å². The number of nitrogens with zero attached hydrogens (tertiary/aromatic N) is 1. The van der Waals surface area contributed by atoms with Crippen LogP contribution < -0.4 is 15.8 Å². The molecular weight excluding hydrogens is 266 g/mol. The fraction of sp³-hybridized carbons (Fsp3) is 0.250. The maximum Gasteiger partial charge on any atom is 0.256 e. The molecule has 0 spiro atoms. The lowest BCUT2D eigenvalue weighted by atomic mass is 10.1. The Labute approximate surface area is 124 Å². The smallest absolute Gasteiger partial charge is 0.256 e. The predicted octanol–water partition coefficient (Wildman–Crippen LogP) is 3.01. The second-order valence-electron chi connectivity index (χ2n) is 5.00. The third kappa shape index (κ3) is 3.51. The van der Waals surface area contributed by atoms with E-state index in [0.717, 1.165) is 5.56 Å². The molecule has 2 rings (SSSR count). The van der Waals surface area contributed by atoms with E-state index in [4.69, 9.17) is 10.5 Å². The number of hydrogen-bond acceptors (Lipinski definition) is 4. The lowest BCUT2D eigenvalue weighted by Gasteiger charge is -2.14. The van der Waals surface area contributed by atoms with Gasteiger partial charge in [0.2, 0.25) is 5.88 Å². The molecule has 0 unspecified atom stereocenters. The predicted molar refractivity (Wildman–Crippen MR) is 83.5 cm³/mol. The van der Waals surface area contributed by atoms with Crippen molar-refractivity contribution in [1.29, 1.82) is 0 Å². The SMILES string of the molecule is Cc1c(N)cccc1C(=O)Nc1cccnc1OC(C)C. The highest BCUT2D eigenvalue weighted by Gasteiger charge is 2.14. The van der Waals surface area contributed by atoms with Crippen molar-refractivity contribution in [2.45, 2.75) is 26.9 Å². The fourth-order valence-electron chi connectivity index (χ4n) is 1.89. The van der Waals surface area contributed by atoms with Crippen LogP contribution in [0.2, 0.25) is 0 Å². The summed E-state index contributed by atoms with van der Waals surface area (Å²) in [5, 5.41) is 2.82. The van der Waals surface area contributed by atoms with E-state index in [1.165, 1.54) is 0 Å². The molecule has 1 heterocycles. The van der Waals surface area contributed by atoms with E-state index in [0.29, 0.717) is 22.8 Å². The number of benzene rings is 1. The lowest BCUT2D eigenvalue weighted by Crippen LogP contribution is -2.16. The molecule has 1 amide bonds. The van der Waals surface area contributed by atoms with Crippen LogP contribution in [0.15, 0.2) is 36.5 Å². The summed E-state index contributed by atoms with van der Waals surface area (Å²) in [4.78, 5) is 16.5. The van der Waals surface area contributed by atoms with Crippen LogP contribution in [0.4, 0.5) is 11.4 Å². The van der Waals surface area contributed by atoms with Crippen molar-refractivity contribution in [3.63, 3.8) is 0 Å². The summed E-state index contributed by atoms with van der Waals surface area (Å²) in [5.74, 6) is 0.170. The highest BCUT2D eigenvalue weighted by molar-refractivity contribution is 6.06. The summed E-state index contributed by atoms with van der Waals surface area (Å²) < 4.78 is 5.59. The Kier molecular flexibility index (Phi) is 4.42. The molecule has 1 aromatic heterocycles. The number of ether oxygens (including phenoxy) is 1. The van der Waals surface area contributed by atoms with Gasteiger partial charge in [0, 0.05) is 17.4 Å². The molecule has 0 aliphatic carbocycles. The monoisotopic (exact) mass is 285 g/mol. The number of pyridine rings is 1. The number of carbonyl (C=O) groups excluding carboxylic acids is 1. The second kappa shape index (κ2) is 6.26. The number of amides is 1. The first-order chi connectivity index (χ1) is 9.99. The van der Waals surface area contributed by atoms with E-state index < -0.39 is 0 Å². The molecule has 0 bridgehead atoms. The number of carbonyl (C=O) groups is 1. The van der Waals surface area contributed by atoms with E-state index in [-0.39, 0.29) is 12.0 Å². The standard InChI is InChI=1S/C16H19N3O2/c1-10(2)21-16-14(8-5-9-18-16)19-15(20)12-6-4-7-13(17)11(12)3/h4-10H,17H2,1-3H3,(H,19,20). The zero-order chi connectivity index (χ0) is 15.4. The van der Waals surface area contributed by atoms with Crippen LogP contribution in [0.3, 0.4) is 0 Å². The molecule has 1 aromatic carbocycles. The Balaban J connectivity index is 2.26. The van der Waals surface area contributed by atoms with Gasteiger partial charge in [-0.15, -0.1) is 0 Å². The van der Waals surface area contributed by atoms with Gasteiger partial charge >= 0.3 is 0 Å². The molecule has 3 N–H and O–H groups in total. The van der Waals surface area contributed by atoms with Crippen molar-refractivity contribution in [2.24, 2.45) is 0 Å². The molecule has 2 aromatic rings. The fourth-order valence-corrected chi connectivity index (χ4v) is 1.89. The Morgan fingerprint density at radius 2 is 2.05 bits per heavy atom. The van der Waals surface area contributed by atoms with Gasteiger partial charge in [-0.3, -0.25) is 4.79 Å². The van der Waals surface area contributed by atoms with Crippen molar-refractivity contribution in [3.8, 4) is 5.88 Å². The number of rotatable bonds is 4. The Morgan fingerprint density at radius 3 is 2.76 bits per heavy atom. The third-order valence-corrected chi connectivity index (χ3v) is 2.99. The molecule has 5 nitrogen and oxygen atoms in total. The second-order valence-corrected chi connectivity index (χ2v) is 5.00. The van der Waals surface area contributed by atoms with E-state index >= 15 is 0 Å². The first kappa shape index (κ1) is 14.8. The lowest BCUT2D eigenvalue weighted by molar-refractivity contribution is 0.102. The molecule has 0 radical (unpaired) electrons. The quantitative estimate of drug-likeness (QED) is 0.846. The molecular formula is C16H19N3O2. The van der Waals surface area contributed by atoms with Crippen LogP contribution in [-0.4, -0.2) is 17.0 Å². The first-order valence-electron chi connectivity index (χ1n) is 6.77. The van der Waals surface area contributed by atoms with Gasteiger partial charge in [0.1, 0.15) is 5.69 Å². The average Bonchev–Trinajstić information content (AvgIpc) is 2.43. The number of nitrogens with two attached hydrogens (primary N) is 1. The summed E-state index contributed by atoms with van der Waals surface area (Å²) >= 11 is 0. The van der Waals surface area contributed by atoms with Gasteiger partial charge in [-0.1, -0.05) is 6.07 Å². The summed E-state index contributed by atoms with van der Waals surface area (Å²) in [6, 6.07) is 8.76. The average molecular weight is 285 g/mol. The molecule has 0 saturated carbocycles. The van der Waals surface area contributed by atoms with Crippen LogP contribution in [0, 0.1) is 6.92 Å². The third-order valence-electron chi connectivity index (χ3n) is 2.99. The largest absolute Gasteiger partial charge is 0.473 e. The molecule has 0 saturated heterocycles. The maximum atomic E-state index is 12.4. The topological polar surface area (TPSA) is 77.2 Å². The normalized spacial score (nSPS) is 10.5. The Bertz CT molecular complexity index is 654. The van der Waals surface area contributed by atoms with E-state index in [1.54, 1.807) is 36.5 Å². The molecule has 0 aliphatic rings. The van der Waals surface area contributed by atoms with Crippen LogP contribution >= 0.6 is 0 Å². The number of nitrogens with one attached hydrogen (secondary N) is 1. The minimum Gasteiger partial charge on any atom is -0.473 e. The summed E-state index contributed by atoms with van der Waals surface area (Å²) in [7, 11) is 0.